The quantitative estimate of drug-likeness (QED) is 0.680. The standard InChI is InChI=1S/C18H31N3O2/c1-5-20(6-2)12-13-23-17-11-9-10-16(14-17)19-18(22)15-21(7-3)8-4/h9-11,14H,5-8,12-13,15H2,1-4H3,(H,19,22). The van der Waals surface area contributed by atoms with Crippen LogP contribution in [0.15, 0.2) is 24.3 Å². The third-order valence-electron chi connectivity index (χ3n) is 3.95. The first-order valence-electron chi connectivity index (χ1n) is 8.60. The third-order valence-corrected chi connectivity index (χ3v) is 3.95. The average molecular weight is 321 g/mol. The number of nitrogens with zero attached hydrogens (tertiary/aromatic N) is 2. The Balaban J connectivity index is 2.48. The fourth-order valence-electron chi connectivity index (χ4n) is 2.35. The Morgan fingerprint density at radius 2 is 1.70 bits per heavy atom. The Bertz CT molecular complexity index is 457. The highest BCUT2D eigenvalue weighted by molar-refractivity contribution is 5.92. The number of ether oxygens (including phenoxy) is 1. The molecule has 0 bridgehead atoms. The van der Waals surface area contributed by atoms with Crippen molar-refractivity contribution in [3.8, 4) is 5.75 Å². The van der Waals surface area contributed by atoms with Crippen molar-refractivity contribution in [1.82, 2.24) is 9.80 Å². The van der Waals surface area contributed by atoms with Gasteiger partial charge in [0.05, 0.1) is 6.54 Å². The molecule has 1 aromatic carbocycles. The van der Waals surface area contributed by atoms with Crippen LogP contribution in [0.4, 0.5) is 5.69 Å². The lowest BCUT2D eigenvalue weighted by Gasteiger charge is -2.18. The molecule has 0 aliphatic heterocycles. The molecule has 0 atom stereocenters. The van der Waals surface area contributed by atoms with E-state index in [0.717, 1.165) is 44.2 Å². The molecule has 0 heterocycles. The van der Waals surface area contributed by atoms with Gasteiger partial charge in [0.15, 0.2) is 0 Å². The van der Waals surface area contributed by atoms with Crippen LogP contribution in [0.3, 0.4) is 0 Å². The maximum absolute atomic E-state index is 12.0. The lowest BCUT2D eigenvalue weighted by molar-refractivity contribution is -0.117. The lowest BCUT2D eigenvalue weighted by atomic mass is 10.3. The number of nitrogens with one attached hydrogen (secondary N) is 1. The first-order valence-corrected chi connectivity index (χ1v) is 8.60. The van der Waals surface area contributed by atoms with Crippen molar-refractivity contribution < 1.29 is 9.53 Å². The topological polar surface area (TPSA) is 44.8 Å². The second kappa shape index (κ2) is 11.0. The van der Waals surface area contributed by atoms with Gasteiger partial charge in [-0.3, -0.25) is 9.69 Å². The molecule has 1 aromatic rings. The summed E-state index contributed by atoms with van der Waals surface area (Å²) < 4.78 is 5.78. The van der Waals surface area contributed by atoms with Crippen LogP contribution < -0.4 is 10.1 Å². The zero-order valence-corrected chi connectivity index (χ0v) is 15.0. The summed E-state index contributed by atoms with van der Waals surface area (Å²) >= 11 is 0. The number of hydrogen-bond acceptors (Lipinski definition) is 4. The molecule has 0 saturated carbocycles. The van der Waals surface area contributed by atoms with Crippen LogP contribution >= 0.6 is 0 Å². The second-order valence-electron chi connectivity index (χ2n) is 5.41. The van der Waals surface area contributed by atoms with E-state index in [1.54, 1.807) is 0 Å². The van der Waals surface area contributed by atoms with Crippen molar-refractivity contribution >= 4 is 11.6 Å². The minimum Gasteiger partial charge on any atom is -0.492 e. The SMILES string of the molecule is CCN(CC)CCOc1cccc(NC(=O)CN(CC)CC)c1. The monoisotopic (exact) mass is 321 g/mol. The van der Waals surface area contributed by atoms with Gasteiger partial charge < -0.3 is 15.0 Å². The normalized spacial score (nSPS) is 11.0. The van der Waals surface area contributed by atoms with Gasteiger partial charge in [-0.15, -0.1) is 0 Å². The molecule has 23 heavy (non-hydrogen) atoms. The molecule has 0 saturated heterocycles. The Kier molecular flexibility index (Phi) is 9.33. The summed E-state index contributed by atoms with van der Waals surface area (Å²) in [5.74, 6) is 0.798. The molecule has 0 aromatic heterocycles. The van der Waals surface area contributed by atoms with E-state index in [1.165, 1.54) is 0 Å². The van der Waals surface area contributed by atoms with E-state index < -0.39 is 0 Å². The smallest absolute Gasteiger partial charge is 0.238 e. The molecule has 1 rings (SSSR count). The molecule has 0 aliphatic rings. The van der Waals surface area contributed by atoms with E-state index in [-0.39, 0.29) is 5.91 Å². The summed E-state index contributed by atoms with van der Waals surface area (Å²) in [4.78, 5) is 16.4. The molecule has 0 unspecified atom stereocenters. The number of benzene rings is 1. The van der Waals surface area contributed by atoms with Gasteiger partial charge in [0.1, 0.15) is 12.4 Å². The highest BCUT2D eigenvalue weighted by Crippen LogP contribution is 2.17. The van der Waals surface area contributed by atoms with Gasteiger partial charge in [0, 0.05) is 18.3 Å². The first-order chi connectivity index (χ1) is 11.1. The highest BCUT2D eigenvalue weighted by Gasteiger charge is 2.08. The predicted octanol–water partition coefficient (Wildman–Crippen LogP) is 2.69. The second-order valence-corrected chi connectivity index (χ2v) is 5.41. The fourth-order valence-corrected chi connectivity index (χ4v) is 2.35. The molecular formula is C18H31N3O2. The summed E-state index contributed by atoms with van der Waals surface area (Å²) in [5, 5.41) is 2.93. The van der Waals surface area contributed by atoms with Crippen molar-refractivity contribution in [1.29, 1.82) is 0 Å². The molecule has 1 N–H and O–H groups in total. The Morgan fingerprint density at radius 3 is 2.30 bits per heavy atom. The molecule has 0 spiro atoms. The summed E-state index contributed by atoms with van der Waals surface area (Å²) in [6.45, 7) is 14.2. The zero-order valence-electron chi connectivity index (χ0n) is 15.0. The van der Waals surface area contributed by atoms with Crippen LogP contribution in [-0.4, -0.2) is 61.6 Å². The van der Waals surface area contributed by atoms with Crippen molar-refractivity contribution in [3.63, 3.8) is 0 Å². The van der Waals surface area contributed by atoms with Gasteiger partial charge in [0.2, 0.25) is 5.91 Å². The number of anilines is 1. The van der Waals surface area contributed by atoms with Crippen LogP contribution in [-0.2, 0) is 4.79 Å². The number of rotatable bonds is 11. The van der Waals surface area contributed by atoms with E-state index >= 15 is 0 Å². The summed E-state index contributed by atoms with van der Waals surface area (Å²) in [6, 6.07) is 7.59. The number of likely N-dealkylation sites (N-methyl/N-ethyl adjacent to an activating group) is 2. The average Bonchev–Trinajstić information content (AvgIpc) is 2.57. The van der Waals surface area contributed by atoms with Gasteiger partial charge in [-0.25, -0.2) is 0 Å². The molecule has 1 amide bonds. The van der Waals surface area contributed by atoms with Gasteiger partial charge in [-0.1, -0.05) is 33.8 Å². The van der Waals surface area contributed by atoms with E-state index in [0.29, 0.717) is 13.2 Å². The minimum absolute atomic E-state index is 0.00833. The van der Waals surface area contributed by atoms with Crippen LogP contribution in [0, 0.1) is 0 Å². The van der Waals surface area contributed by atoms with Crippen LogP contribution in [0.5, 0.6) is 5.75 Å². The molecule has 0 aliphatic carbocycles. The predicted molar refractivity (Wildman–Crippen MR) is 96.1 cm³/mol. The molecule has 0 radical (unpaired) electrons. The van der Waals surface area contributed by atoms with Gasteiger partial charge in [-0.2, -0.15) is 0 Å². The Hall–Kier alpha value is -1.59. The first kappa shape index (κ1) is 19.5. The van der Waals surface area contributed by atoms with Crippen molar-refractivity contribution in [2.75, 3.05) is 51.2 Å². The summed E-state index contributed by atoms with van der Waals surface area (Å²) in [5.41, 5.74) is 0.780. The Morgan fingerprint density at radius 1 is 1.04 bits per heavy atom. The van der Waals surface area contributed by atoms with E-state index in [4.69, 9.17) is 4.74 Å². The molecular weight excluding hydrogens is 290 g/mol. The minimum atomic E-state index is 0.00833. The van der Waals surface area contributed by atoms with Crippen molar-refractivity contribution in [2.24, 2.45) is 0 Å². The number of amides is 1. The van der Waals surface area contributed by atoms with E-state index in [9.17, 15) is 4.79 Å². The molecule has 5 nitrogen and oxygen atoms in total. The molecule has 130 valence electrons. The van der Waals surface area contributed by atoms with Gasteiger partial charge >= 0.3 is 0 Å². The van der Waals surface area contributed by atoms with Gasteiger partial charge in [-0.05, 0) is 38.3 Å². The van der Waals surface area contributed by atoms with Crippen LogP contribution in [0.1, 0.15) is 27.7 Å². The summed E-state index contributed by atoms with van der Waals surface area (Å²) in [7, 11) is 0. The van der Waals surface area contributed by atoms with E-state index in [1.807, 2.05) is 24.3 Å². The lowest BCUT2D eigenvalue weighted by Crippen LogP contribution is -2.32. The van der Waals surface area contributed by atoms with Crippen molar-refractivity contribution in [3.05, 3.63) is 24.3 Å². The number of hydrogen-bond donors (Lipinski definition) is 1. The van der Waals surface area contributed by atoms with Crippen LogP contribution in [0.25, 0.3) is 0 Å². The van der Waals surface area contributed by atoms with Gasteiger partial charge in [0.25, 0.3) is 0 Å². The number of carbonyl (C=O) groups is 1. The maximum atomic E-state index is 12.0. The fraction of sp³-hybridized carbons (Fsp3) is 0.611. The number of carbonyl (C=O) groups excluding carboxylic acids is 1. The maximum Gasteiger partial charge on any atom is 0.238 e. The molecule has 0 fully saturated rings. The Labute approximate surface area is 140 Å². The van der Waals surface area contributed by atoms with E-state index in [2.05, 4.69) is 42.8 Å². The molecule has 5 heteroatoms. The largest absolute Gasteiger partial charge is 0.492 e. The third kappa shape index (κ3) is 7.48. The highest BCUT2D eigenvalue weighted by atomic mass is 16.5. The zero-order chi connectivity index (χ0) is 17.1. The van der Waals surface area contributed by atoms with Crippen molar-refractivity contribution in [2.45, 2.75) is 27.7 Å². The van der Waals surface area contributed by atoms with Crippen LogP contribution in [0.2, 0.25) is 0 Å². The summed E-state index contributed by atoms with van der Waals surface area (Å²) in [6.07, 6.45) is 0.